The highest BCUT2D eigenvalue weighted by atomic mass is 32.2. The van der Waals surface area contributed by atoms with Gasteiger partial charge in [-0.15, -0.1) is 0 Å². The molecule has 0 saturated heterocycles. The molecule has 12 heteroatoms. The van der Waals surface area contributed by atoms with Gasteiger partial charge in [0.05, 0.1) is 17.5 Å². The third-order valence-electron chi connectivity index (χ3n) is 11.4. The van der Waals surface area contributed by atoms with E-state index in [-0.39, 0.29) is 43.2 Å². The number of carbonyl (C=O) groups is 1. The number of ether oxygens (including phenoxy) is 7. The molecule has 354 valence electrons. The molecule has 0 radical (unpaired) electrons. The van der Waals surface area contributed by atoms with Crippen molar-refractivity contribution in [1.29, 1.82) is 0 Å². The molecule has 9 rings (SSSR count). The zero-order valence-electron chi connectivity index (χ0n) is 38.4. The lowest BCUT2D eigenvalue weighted by Crippen LogP contribution is -2.35. The number of hydrogen-bond acceptors (Lipinski definition) is 10. The molecule has 70 heavy (non-hydrogen) atoms. The summed E-state index contributed by atoms with van der Waals surface area (Å²) in [5.41, 5.74) is 6.39. The van der Waals surface area contributed by atoms with Crippen molar-refractivity contribution in [2.24, 2.45) is 0 Å². The van der Waals surface area contributed by atoms with Crippen LogP contribution in [0.3, 0.4) is 0 Å². The van der Waals surface area contributed by atoms with Gasteiger partial charge in [0.25, 0.3) is 0 Å². The molecule has 8 aromatic rings. The first-order chi connectivity index (χ1) is 34.2. The van der Waals surface area contributed by atoms with Gasteiger partial charge >= 0.3 is 5.97 Å². The third-order valence-corrected chi connectivity index (χ3v) is 12.0. The molecule has 0 fully saturated rings. The predicted octanol–water partition coefficient (Wildman–Crippen LogP) is 11.9. The first-order valence-electron chi connectivity index (χ1n) is 22.8. The molecule has 8 aromatic carbocycles. The van der Waals surface area contributed by atoms with Gasteiger partial charge in [0, 0.05) is 29.7 Å². The molecule has 0 aromatic heterocycles. The van der Waals surface area contributed by atoms with E-state index in [1.165, 1.54) is 18.2 Å². The molecule has 0 spiro atoms. The topological polar surface area (TPSA) is 128 Å². The number of fused-ring (bicyclic) bond motifs is 1. The summed E-state index contributed by atoms with van der Waals surface area (Å²) in [6, 6.07) is 62.6. The fourth-order valence-corrected chi connectivity index (χ4v) is 8.46. The molecule has 0 aliphatic carbocycles. The Morgan fingerprint density at radius 2 is 0.986 bits per heavy atom. The van der Waals surface area contributed by atoms with Crippen molar-refractivity contribution in [3.63, 3.8) is 0 Å². The van der Waals surface area contributed by atoms with E-state index in [0.717, 1.165) is 34.1 Å². The normalized spacial score (nSPS) is 14.0. The number of hydrogen-bond donors (Lipinski definition) is 1. The van der Waals surface area contributed by atoms with Crippen molar-refractivity contribution in [2.75, 3.05) is 11.0 Å². The highest BCUT2D eigenvalue weighted by molar-refractivity contribution is 7.92. The number of nitrogens with one attached hydrogen (secondary N) is 1. The van der Waals surface area contributed by atoms with Crippen LogP contribution in [0.2, 0.25) is 0 Å². The monoisotopic (exact) mass is 953 g/mol. The molecular weight excluding hydrogens is 903 g/mol. The maximum absolute atomic E-state index is 14.5. The summed E-state index contributed by atoms with van der Waals surface area (Å²) >= 11 is 0. The molecule has 1 N–H and O–H groups in total. The number of benzene rings is 8. The maximum atomic E-state index is 14.5. The minimum Gasteiger partial charge on any atom is -0.489 e. The minimum atomic E-state index is -3.70. The zero-order valence-corrected chi connectivity index (χ0v) is 39.3. The second-order valence-electron chi connectivity index (χ2n) is 16.7. The van der Waals surface area contributed by atoms with Crippen molar-refractivity contribution in [3.8, 4) is 34.5 Å². The highest BCUT2D eigenvalue weighted by Crippen LogP contribution is 2.46. The summed E-state index contributed by atoms with van der Waals surface area (Å²) in [5, 5.41) is 0. The Labute approximate surface area is 408 Å². The molecule has 0 bridgehead atoms. The Bertz CT molecular complexity index is 3100. The van der Waals surface area contributed by atoms with Gasteiger partial charge in [-0.1, -0.05) is 158 Å². The lowest BCUT2D eigenvalue weighted by atomic mass is 9.93. The van der Waals surface area contributed by atoms with E-state index < -0.39 is 28.2 Å². The summed E-state index contributed by atoms with van der Waals surface area (Å²) in [5.74, 6) is 1.99. The van der Waals surface area contributed by atoms with Crippen molar-refractivity contribution in [1.82, 2.24) is 0 Å². The van der Waals surface area contributed by atoms with E-state index in [9.17, 15) is 13.2 Å². The second-order valence-corrected chi connectivity index (χ2v) is 18.5. The molecule has 1 aliphatic heterocycles. The van der Waals surface area contributed by atoms with Gasteiger partial charge in [0.2, 0.25) is 10.0 Å². The first-order valence-corrected chi connectivity index (χ1v) is 24.7. The van der Waals surface area contributed by atoms with E-state index in [2.05, 4.69) is 4.72 Å². The molecule has 0 amide bonds. The fourth-order valence-electron chi connectivity index (χ4n) is 7.90. The van der Waals surface area contributed by atoms with Crippen LogP contribution in [-0.2, 0) is 54.2 Å². The Hall–Kier alpha value is -8.22. The summed E-state index contributed by atoms with van der Waals surface area (Å²) in [6.45, 7) is 1.26. The molecule has 2 atom stereocenters. The zero-order chi connectivity index (χ0) is 48.1. The van der Waals surface area contributed by atoms with Crippen LogP contribution in [0.15, 0.2) is 200 Å². The van der Waals surface area contributed by atoms with Crippen LogP contribution < -0.4 is 33.1 Å². The Morgan fingerprint density at radius 1 is 0.514 bits per heavy atom. The molecule has 11 nitrogen and oxygen atoms in total. The quantitative estimate of drug-likeness (QED) is 0.0738. The summed E-state index contributed by atoms with van der Waals surface area (Å²) in [7, 11) is -3.70. The second kappa shape index (κ2) is 22.3. The van der Waals surface area contributed by atoms with Crippen LogP contribution in [0.25, 0.3) is 0 Å². The number of anilines is 1. The van der Waals surface area contributed by atoms with E-state index in [1.807, 2.05) is 182 Å². The maximum Gasteiger partial charge on any atom is 0.338 e. The van der Waals surface area contributed by atoms with Crippen molar-refractivity contribution in [3.05, 3.63) is 245 Å². The van der Waals surface area contributed by atoms with E-state index >= 15 is 0 Å². The van der Waals surface area contributed by atoms with E-state index in [4.69, 9.17) is 33.2 Å². The fraction of sp³-hybridized carbons (Fsp3) is 0.155. The van der Waals surface area contributed by atoms with Gasteiger partial charge in [-0.05, 0) is 58.1 Å². The van der Waals surface area contributed by atoms with Crippen LogP contribution >= 0.6 is 0 Å². The molecule has 0 saturated carbocycles. The number of sulfonamides is 1. The van der Waals surface area contributed by atoms with Gasteiger partial charge in [-0.2, -0.15) is 0 Å². The van der Waals surface area contributed by atoms with Crippen LogP contribution in [-0.4, -0.2) is 26.7 Å². The Balaban J connectivity index is 1.09. The highest BCUT2D eigenvalue weighted by Gasteiger charge is 2.38. The smallest absolute Gasteiger partial charge is 0.338 e. The lowest BCUT2D eigenvalue weighted by molar-refractivity contribution is -0.0190. The average Bonchev–Trinajstić information content (AvgIpc) is 3.39. The SMILES string of the molecule is CS(=O)(=O)Nc1ccc(C(=O)O[C@H]2Cc3c(OCc4ccccc4)cc(OCc4ccccc4)cc3O[C@@H]2c2ccc(OCc3ccccc3)c(OCc3ccccc3)c2)cc1OCc1ccccc1. The van der Waals surface area contributed by atoms with Gasteiger partial charge in [-0.3, -0.25) is 4.72 Å². The van der Waals surface area contributed by atoms with Crippen LogP contribution in [0, 0.1) is 0 Å². The third kappa shape index (κ3) is 12.6. The van der Waals surface area contributed by atoms with E-state index in [1.54, 1.807) is 0 Å². The van der Waals surface area contributed by atoms with Crippen LogP contribution in [0.4, 0.5) is 5.69 Å². The molecule has 0 unspecified atom stereocenters. The van der Waals surface area contributed by atoms with Gasteiger partial charge in [0.15, 0.2) is 17.6 Å². The van der Waals surface area contributed by atoms with E-state index in [0.29, 0.717) is 53.1 Å². The molecule has 1 heterocycles. The van der Waals surface area contributed by atoms with Crippen molar-refractivity contribution < 1.29 is 46.4 Å². The summed E-state index contributed by atoms with van der Waals surface area (Å²) < 4.78 is 72.8. The number of carbonyl (C=O) groups excluding carboxylic acids is 1. The van der Waals surface area contributed by atoms with Crippen LogP contribution in [0.5, 0.6) is 34.5 Å². The van der Waals surface area contributed by atoms with Gasteiger partial charge in [0.1, 0.15) is 62.1 Å². The number of rotatable bonds is 20. The van der Waals surface area contributed by atoms with Gasteiger partial charge < -0.3 is 33.2 Å². The standard InChI is InChI=1S/C58H51NO10S/c1-70(61,62)59-50-29-27-47(32-54(50)66-39-44-23-13-5-14-24-44)58(60)69-56-35-49-52(65-38-43-21-11-4-12-22-43)33-48(63-36-41-17-7-2-8-18-41)34-53(49)68-57(56)46-28-30-51(64-37-42-19-9-3-10-20-42)55(31-46)67-40-45-25-15-6-16-26-45/h2-34,56-57,59H,35-40H2,1H3/t56-,57+/m0/s1. The summed E-state index contributed by atoms with van der Waals surface area (Å²) in [6.07, 6.45) is -0.555. The average molecular weight is 954 g/mol. The first kappa shape index (κ1) is 46.9. The Kier molecular flexibility index (Phi) is 14.9. The predicted molar refractivity (Wildman–Crippen MR) is 268 cm³/mol. The molecular formula is C58H51NO10S. The van der Waals surface area contributed by atoms with Crippen molar-refractivity contribution >= 4 is 21.7 Å². The van der Waals surface area contributed by atoms with Gasteiger partial charge in [-0.25, -0.2) is 13.2 Å². The number of esters is 1. The Morgan fingerprint density at radius 3 is 1.50 bits per heavy atom. The summed E-state index contributed by atoms with van der Waals surface area (Å²) in [4.78, 5) is 14.5. The largest absolute Gasteiger partial charge is 0.489 e. The minimum absolute atomic E-state index is 0.121. The molecule has 1 aliphatic rings. The van der Waals surface area contributed by atoms with Crippen LogP contribution in [0.1, 0.15) is 55.4 Å². The lowest BCUT2D eigenvalue weighted by Gasteiger charge is -2.35. The van der Waals surface area contributed by atoms with Crippen molar-refractivity contribution in [2.45, 2.75) is 51.7 Å².